The number of rotatable bonds is 9. The fourth-order valence-electron chi connectivity index (χ4n) is 5.55. The molecule has 0 atom stereocenters. The molecule has 2 heteroatoms. The molecule has 2 aliphatic rings. The van der Waals surface area contributed by atoms with E-state index in [-0.39, 0.29) is 12.5 Å². The Morgan fingerprint density at radius 1 is 0.714 bits per heavy atom. The van der Waals surface area contributed by atoms with Crippen molar-refractivity contribution in [3.8, 4) is 0 Å². The third-order valence-electron chi connectivity index (χ3n) is 7.39. The summed E-state index contributed by atoms with van der Waals surface area (Å²) in [6.45, 7) is -0.226. The summed E-state index contributed by atoms with van der Waals surface area (Å²) in [6, 6.07) is 7.05. The van der Waals surface area contributed by atoms with Crippen molar-refractivity contribution in [1.29, 1.82) is 0 Å². The Bertz CT molecular complexity index is 561. The first-order valence-corrected chi connectivity index (χ1v) is 11.7. The van der Waals surface area contributed by atoms with Crippen LogP contribution in [0, 0.1) is 29.5 Å². The number of halogens is 2. The predicted molar refractivity (Wildman–Crippen MR) is 115 cm³/mol. The lowest BCUT2D eigenvalue weighted by atomic mass is 9.68. The van der Waals surface area contributed by atoms with Gasteiger partial charge >= 0.3 is 0 Å². The minimum atomic E-state index is -0.226. The number of alkyl halides is 1. The van der Waals surface area contributed by atoms with Crippen LogP contribution < -0.4 is 0 Å². The Labute approximate surface area is 170 Å². The molecule has 0 unspecified atom stereocenters. The molecule has 3 rings (SSSR count). The Morgan fingerprint density at radius 3 is 1.82 bits per heavy atom. The maximum atomic E-state index is 13.0. The number of hydrogen-bond donors (Lipinski definition) is 0. The van der Waals surface area contributed by atoms with Gasteiger partial charge in [0.15, 0.2) is 0 Å². The average molecular weight is 389 g/mol. The first-order chi connectivity index (χ1) is 13.7. The summed E-state index contributed by atoms with van der Waals surface area (Å²) >= 11 is 0. The van der Waals surface area contributed by atoms with Gasteiger partial charge in [0.2, 0.25) is 0 Å². The first kappa shape index (κ1) is 21.5. The highest BCUT2D eigenvalue weighted by molar-refractivity contribution is 5.16. The van der Waals surface area contributed by atoms with Gasteiger partial charge in [0.1, 0.15) is 5.82 Å². The van der Waals surface area contributed by atoms with E-state index >= 15 is 0 Å². The summed E-state index contributed by atoms with van der Waals surface area (Å²) < 4.78 is 25.1. The minimum absolute atomic E-state index is 0.132. The normalized spacial score (nSPS) is 28.6. The van der Waals surface area contributed by atoms with Crippen molar-refractivity contribution in [1.82, 2.24) is 0 Å². The van der Waals surface area contributed by atoms with Gasteiger partial charge in [-0.25, -0.2) is 4.39 Å². The molecule has 0 N–H and O–H groups in total. The average Bonchev–Trinajstić information content (AvgIpc) is 2.74. The van der Waals surface area contributed by atoms with E-state index in [1.165, 1.54) is 69.8 Å². The van der Waals surface area contributed by atoms with Crippen molar-refractivity contribution in [2.24, 2.45) is 23.7 Å². The monoisotopic (exact) mass is 388 g/mol. The molecule has 0 nitrogen and oxygen atoms in total. The largest absolute Gasteiger partial charge is 0.251 e. The van der Waals surface area contributed by atoms with Gasteiger partial charge < -0.3 is 0 Å². The lowest BCUT2D eigenvalue weighted by molar-refractivity contribution is 0.141. The zero-order valence-corrected chi connectivity index (χ0v) is 17.4. The molecule has 0 aliphatic heterocycles. The van der Waals surface area contributed by atoms with E-state index in [0.717, 1.165) is 36.5 Å². The number of hydrogen-bond acceptors (Lipinski definition) is 0. The Balaban J connectivity index is 1.29. The van der Waals surface area contributed by atoms with Crippen molar-refractivity contribution in [3.05, 3.63) is 47.8 Å². The summed E-state index contributed by atoms with van der Waals surface area (Å²) in [5, 5.41) is 0. The van der Waals surface area contributed by atoms with Gasteiger partial charge in [-0.15, -0.1) is 0 Å². The molecule has 0 heterocycles. The van der Waals surface area contributed by atoms with Crippen LogP contribution in [0.15, 0.2) is 36.4 Å². The lowest BCUT2D eigenvalue weighted by Gasteiger charge is -2.38. The number of aryl methyl sites for hydroxylation is 1. The smallest absolute Gasteiger partial charge is 0.123 e. The van der Waals surface area contributed by atoms with Crippen molar-refractivity contribution in [3.63, 3.8) is 0 Å². The highest BCUT2D eigenvalue weighted by atomic mass is 19.1. The molecule has 2 fully saturated rings. The molecule has 0 aromatic heterocycles. The molecule has 2 aliphatic carbocycles. The van der Waals surface area contributed by atoms with Gasteiger partial charge in [0, 0.05) is 0 Å². The second kappa shape index (κ2) is 11.7. The van der Waals surface area contributed by atoms with E-state index in [1.807, 2.05) is 18.2 Å². The summed E-state index contributed by atoms with van der Waals surface area (Å²) in [5.74, 6) is 3.57. The van der Waals surface area contributed by atoms with E-state index in [9.17, 15) is 8.78 Å². The van der Waals surface area contributed by atoms with Gasteiger partial charge in [0.05, 0.1) is 6.67 Å². The summed E-state index contributed by atoms with van der Waals surface area (Å²) in [5.41, 5.74) is 1.28. The van der Waals surface area contributed by atoms with Gasteiger partial charge in [-0.1, -0.05) is 50.0 Å². The van der Waals surface area contributed by atoms with E-state index in [4.69, 9.17) is 0 Å². The van der Waals surface area contributed by atoms with Gasteiger partial charge in [-0.05, 0) is 99.2 Å². The third-order valence-corrected chi connectivity index (χ3v) is 7.39. The maximum Gasteiger partial charge on any atom is 0.123 e. The van der Waals surface area contributed by atoms with Crippen molar-refractivity contribution >= 4 is 0 Å². The quantitative estimate of drug-likeness (QED) is 0.375. The van der Waals surface area contributed by atoms with Gasteiger partial charge in [-0.3, -0.25) is 4.39 Å². The summed E-state index contributed by atoms with van der Waals surface area (Å²) in [6.07, 6.45) is 20.9. The second-order valence-electron chi connectivity index (χ2n) is 9.25. The molecule has 0 saturated heterocycles. The molecule has 0 bridgehead atoms. The van der Waals surface area contributed by atoms with E-state index in [0.29, 0.717) is 6.42 Å². The predicted octanol–water partition coefficient (Wildman–Crippen LogP) is 8.07. The van der Waals surface area contributed by atoms with E-state index in [2.05, 4.69) is 6.08 Å². The van der Waals surface area contributed by atoms with Crippen LogP contribution in [0.2, 0.25) is 0 Å². The van der Waals surface area contributed by atoms with Crippen LogP contribution >= 0.6 is 0 Å². The molecular formula is C26H38F2. The molecule has 2 saturated carbocycles. The molecular weight excluding hydrogens is 350 g/mol. The van der Waals surface area contributed by atoms with Crippen LogP contribution in [0.1, 0.15) is 82.6 Å². The Hall–Kier alpha value is -1.18. The molecule has 0 radical (unpaired) electrons. The van der Waals surface area contributed by atoms with Crippen LogP contribution in [0.3, 0.4) is 0 Å². The minimum Gasteiger partial charge on any atom is -0.251 e. The molecule has 0 amide bonds. The summed E-state index contributed by atoms with van der Waals surface area (Å²) in [4.78, 5) is 0. The maximum absolute atomic E-state index is 13.0. The third kappa shape index (κ3) is 7.01. The lowest BCUT2D eigenvalue weighted by Crippen LogP contribution is -2.26. The molecule has 1 aromatic rings. The molecule has 28 heavy (non-hydrogen) atoms. The fourth-order valence-corrected chi connectivity index (χ4v) is 5.55. The van der Waals surface area contributed by atoms with Crippen molar-refractivity contribution in [2.45, 2.75) is 83.5 Å². The van der Waals surface area contributed by atoms with Crippen LogP contribution in [0.25, 0.3) is 0 Å². The fraction of sp³-hybridized carbons (Fsp3) is 0.692. The van der Waals surface area contributed by atoms with Gasteiger partial charge in [-0.2, -0.15) is 0 Å². The standard InChI is InChI=1S/C26H38F2/c27-20-4-2-1-3-5-21-8-14-24(15-9-21)25-16-10-22(11-17-25)6-7-23-12-18-26(28)19-13-23/h1-2,12-13,18-19,21-22,24-25H,3-11,14-17,20H2. The number of allylic oxidation sites excluding steroid dienone is 2. The van der Waals surface area contributed by atoms with E-state index < -0.39 is 0 Å². The number of benzene rings is 1. The van der Waals surface area contributed by atoms with Crippen molar-refractivity contribution < 1.29 is 8.78 Å². The Kier molecular flexibility index (Phi) is 9.02. The molecule has 1 aromatic carbocycles. The second-order valence-corrected chi connectivity index (χ2v) is 9.25. The van der Waals surface area contributed by atoms with Crippen LogP contribution in [0.4, 0.5) is 8.78 Å². The Morgan fingerprint density at radius 2 is 1.25 bits per heavy atom. The zero-order valence-electron chi connectivity index (χ0n) is 17.4. The van der Waals surface area contributed by atoms with Crippen molar-refractivity contribution in [2.75, 3.05) is 6.67 Å². The van der Waals surface area contributed by atoms with E-state index in [1.54, 1.807) is 12.1 Å². The van der Waals surface area contributed by atoms with Gasteiger partial charge in [0.25, 0.3) is 0 Å². The highest BCUT2D eigenvalue weighted by Crippen LogP contribution is 2.43. The zero-order chi connectivity index (χ0) is 19.6. The molecule has 0 spiro atoms. The first-order valence-electron chi connectivity index (χ1n) is 11.7. The van der Waals surface area contributed by atoms with Crippen LogP contribution in [0.5, 0.6) is 0 Å². The molecule has 156 valence electrons. The highest BCUT2D eigenvalue weighted by Gasteiger charge is 2.30. The topological polar surface area (TPSA) is 0 Å². The SMILES string of the molecule is FCCC=CCCC1CCC(C2CCC(CCc3ccc(F)cc3)CC2)CC1. The summed E-state index contributed by atoms with van der Waals surface area (Å²) in [7, 11) is 0. The van der Waals surface area contributed by atoms with Crippen LogP contribution in [-0.2, 0) is 6.42 Å². The van der Waals surface area contributed by atoms with Crippen LogP contribution in [-0.4, -0.2) is 6.67 Å².